The normalized spacial score (nSPS) is 19.4. The fourth-order valence-corrected chi connectivity index (χ4v) is 1.81. The van der Waals surface area contributed by atoms with Crippen LogP contribution in [0.25, 0.3) is 0 Å². The Bertz CT molecular complexity index is 297. The van der Waals surface area contributed by atoms with Gasteiger partial charge in [0.2, 0.25) is 0 Å². The van der Waals surface area contributed by atoms with Crippen LogP contribution in [0.3, 0.4) is 0 Å². The summed E-state index contributed by atoms with van der Waals surface area (Å²) in [5.74, 6) is 1.76. The van der Waals surface area contributed by atoms with Crippen molar-refractivity contribution in [1.29, 1.82) is 0 Å². The van der Waals surface area contributed by atoms with E-state index >= 15 is 0 Å². The molecule has 0 aromatic heterocycles. The Morgan fingerprint density at radius 1 is 1.43 bits per heavy atom. The van der Waals surface area contributed by atoms with E-state index in [1.165, 1.54) is 11.1 Å². The lowest BCUT2D eigenvalue weighted by molar-refractivity contribution is -0.110. The summed E-state index contributed by atoms with van der Waals surface area (Å²) in [5.41, 5.74) is 2.46. The molecule has 0 saturated carbocycles. The summed E-state index contributed by atoms with van der Waals surface area (Å²) >= 11 is 0. The average molecular weight is 194 g/mol. The van der Waals surface area contributed by atoms with E-state index in [9.17, 15) is 4.79 Å². The zero-order valence-corrected chi connectivity index (χ0v) is 9.39. The fraction of sp³-hybridized carbons (Fsp3) is 0.583. The molecule has 1 aliphatic heterocycles. The molecule has 78 valence electrons. The van der Waals surface area contributed by atoms with Crippen LogP contribution in [0.1, 0.15) is 40.5 Å². The standard InChI is InChI=1S/C12H18O2/c1-5-11-8(2)6-9(3)12(14-11)10(4)7-13/h7,10H,5-6H2,1-4H3/t10-/m1/s1. The third-order valence-electron chi connectivity index (χ3n) is 2.60. The van der Waals surface area contributed by atoms with Gasteiger partial charge in [-0.25, -0.2) is 0 Å². The summed E-state index contributed by atoms with van der Waals surface area (Å²) in [6.07, 6.45) is 2.78. The number of allylic oxidation sites excluding steroid dienone is 4. The number of carbonyl (C=O) groups is 1. The number of aldehydes is 1. The van der Waals surface area contributed by atoms with Crippen LogP contribution in [-0.2, 0) is 9.53 Å². The molecule has 1 atom stereocenters. The summed E-state index contributed by atoms with van der Waals surface area (Å²) in [4.78, 5) is 10.7. The van der Waals surface area contributed by atoms with Crippen molar-refractivity contribution in [2.75, 3.05) is 0 Å². The van der Waals surface area contributed by atoms with Crippen molar-refractivity contribution in [1.82, 2.24) is 0 Å². The van der Waals surface area contributed by atoms with E-state index in [4.69, 9.17) is 4.74 Å². The second-order valence-electron chi connectivity index (χ2n) is 3.91. The van der Waals surface area contributed by atoms with E-state index in [1.807, 2.05) is 13.8 Å². The van der Waals surface area contributed by atoms with Crippen LogP contribution in [0, 0.1) is 5.92 Å². The van der Waals surface area contributed by atoms with Crippen molar-refractivity contribution < 1.29 is 9.53 Å². The highest BCUT2D eigenvalue weighted by molar-refractivity contribution is 5.58. The summed E-state index contributed by atoms with van der Waals surface area (Å²) in [7, 11) is 0. The van der Waals surface area contributed by atoms with Gasteiger partial charge in [-0.15, -0.1) is 0 Å². The smallest absolute Gasteiger partial charge is 0.130 e. The van der Waals surface area contributed by atoms with Gasteiger partial charge in [0.1, 0.15) is 17.8 Å². The van der Waals surface area contributed by atoms with Gasteiger partial charge in [0.25, 0.3) is 0 Å². The molecular formula is C12H18O2. The maximum absolute atomic E-state index is 10.7. The molecule has 1 heterocycles. The Balaban J connectivity index is 2.89. The van der Waals surface area contributed by atoms with Crippen LogP contribution in [0.15, 0.2) is 22.7 Å². The molecule has 14 heavy (non-hydrogen) atoms. The average Bonchev–Trinajstić information content (AvgIpc) is 2.17. The van der Waals surface area contributed by atoms with Gasteiger partial charge in [-0.1, -0.05) is 6.92 Å². The predicted octanol–water partition coefficient (Wildman–Crippen LogP) is 3.20. The zero-order chi connectivity index (χ0) is 10.7. The lowest BCUT2D eigenvalue weighted by Crippen LogP contribution is -2.12. The molecular weight excluding hydrogens is 176 g/mol. The van der Waals surface area contributed by atoms with Crippen molar-refractivity contribution >= 4 is 6.29 Å². The van der Waals surface area contributed by atoms with E-state index < -0.39 is 0 Å². The van der Waals surface area contributed by atoms with Gasteiger partial charge in [-0.3, -0.25) is 0 Å². The molecule has 1 aliphatic rings. The molecule has 1 rings (SSSR count). The number of carbonyl (C=O) groups excluding carboxylic acids is 1. The molecule has 0 fully saturated rings. The quantitative estimate of drug-likeness (QED) is 0.645. The summed E-state index contributed by atoms with van der Waals surface area (Å²) < 4.78 is 5.74. The molecule has 0 aromatic carbocycles. The van der Waals surface area contributed by atoms with Gasteiger partial charge >= 0.3 is 0 Å². The Morgan fingerprint density at radius 3 is 2.57 bits per heavy atom. The van der Waals surface area contributed by atoms with Crippen LogP contribution >= 0.6 is 0 Å². The maximum atomic E-state index is 10.7. The Morgan fingerprint density at radius 2 is 2.07 bits per heavy atom. The topological polar surface area (TPSA) is 26.3 Å². The first kappa shape index (κ1) is 11.0. The Kier molecular flexibility index (Phi) is 3.50. The monoisotopic (exact) mass is 194 g/mol. The summed E-state index contributed by atoms with van der Waals surface area (Å²) in [6.45, 7) is 8.07. The third kappa shape index (κ3) is 2.06. The zero-order valence-electron chi connectivity index (χ0n) is 9.39. The highest BCUT2D eigenvalue weighted by atomic mass is 16.5. The van der Waals surface area contributed by atoms with Gasteiger partial charge in [0, 0.05) is 6.42 Å². The van der Waals surface area contributed by atoms with E-state index in [-0.39, 0.29) is 5.92 Å². The molecule has 0 unspecified atom stereocenters. The van der Waals surface area contributed by atoms with Gasteiger partial charge in [-0.2, -0.15) is 0 Å². The first-order valence-electron chi connectivity index (χ1n) is 5.11. The fourth-order valence-electron chi connectivity index (χ4n) is 1.81. The van der Waals surface area contributed by atoms with Crippen LogP contribution in [-0.4, -0.2) is 6.29 Å². The first-order valence-corrected chi connectivity index (χ1v) is 5.11. The number of hydrogen-bond donors (Lipinski definition) is 0. The van der Waals surface area contributed by atoms with Crippen molar-refractivity contribution in [2.24, 2.45) is 5.92 Å². The minimum atomic E-state index is -0.121. The highest BCUT2D eigenvalue weighted by Gasteiger charge is 2.20. The van der Waals surface area contributed by atoms with Crippen molar-refractivity contribution in [3.8, 4) is 0 Å². The third-order valence-corrected chi connectivity index (χ3v) is 2.60. The first-order chi connectivity index (χ1) is 6.60. The lowest BCUT2D eigenvalue weighted by atomic mass is 9.97. The van der Waals surface area contributed by atoms with Crippen molar-refractivity contribution in [2.45, 2.75) is 40.5 Å². The Labute approximate surface area is 85.6 Å². The van der Waals surface area contributed by atoms with E-state index in [0.29, 0.717) is 0 Å². The molecule has 0 radical (unpaired) electrons. The largest absolute Gasteiger partial charge is 0.465 e. The molecule has 0 aliphatic carbocycles. The maximum Gasteiger partial charge on any atom is 0.130 e. The summed E-state index contributed by atoms with van der Waals surface area (Å²) in [6, 6.07) is 0. The SMILES string of the molecule is CCC1=C(C)CC(C)=C([C@H](C)C=O)O1. The molecule has 0 amide bonds. The van der Waals surface area contributed by atoms with Crippen LogP contribution in [0.2, 0.25) is 0 Å². The van der Waals surface area contributed by atoms with Gasteiger partial charge < -0.3 is 9.53 Å². The van der Waals surface area contributed by atoms with Gasteiger partial charge in [0.05, 0.1) is 5.92 Å². The molecule has 0 aromatic rings. The summed E-state index contributed by atoms with van der Waals surface area (Å²) in [5, 5.41) is 0. The molecule has 0 bridgehead atoms. The second kappa shape index (κ2) is 4.45. The van der Waals surface area contributed by atoms with Crippen LogP contribution in [0.5, 0.6) is 0 Å². The van der Waals surface area contributed by atoms with Crippen LogP contribution in [0.4, 0.5) is 0 Å². The van der Waals surface area contributed by atoms with Crippen LogP contribution < -0.4 is 0 Å². The van der Waals surface area contributed by atoms with E-state index in [2.05, 4.69) is 13.8 Å². The van der Waals surface area contributed by atoms with E-state index in [0.717, 1.165) is 30.6 Å². The molecule has 0 saturated heterocycles. The molecule has 0 spiro atoms. The lowest BCUT2D eigenvalue weighted by Gasteiger charge is -2.24. The highest BCUT2D eigenvalue weighted by Crippen LogP contribution is 2.31. The van der Waals surface area contributed by atoms with Crippen molar-refractivity contribution in [3.05, 3.63) is 22.7 Å². The molecule has 2 heteroatoms. The van der Waals surface area contributed by atoms with E-state index in [1.54, 1.807) is 0 Å². The minimum absolute atomic E-state index is 0.121. The number of ether oxygens (including phenoxy) is 1. The Hall–Kier alpha value is -1.05. The number of hydrogen-bond acceptors (Lipinski definition) is 2. The van der Waals surface area contributed by atoms with Gasteiger partial charge in [-0.05, 0) is 38.3 Å². The minimum Gasteiger partial charge on any atom is -0.465 e. The van der Waals surface area contributed by atoms with Gasteiger partial charge in [0.15, 0.2) is 0 Å². The van der Waals surface area contributed by atoms with Crippen molar-refractivity contribution in [3.63, 3.8) is 0 Å². The molecule has 2 nitrogen and oxygen atoms in total. The molecule has 0 N–H and O–H groups in total. The second-order valence-corrected chi connectivity index (χ2v) is 3.91. The number of rotatable bonds is 3. The predicted molar refractivity (Wildman–Crippen MR) is 56.6 cm³/mol.